The third-order valence-corrected chi connectivity index (χ3v) is 3.59. The summed E-state index contributed by atoms with van der Waals surface area (Å²) in [6, 6.07) is 8.63. The second kappa shape index (κ2) is 4.88. The van der Waals surface area contributed by atoms with Gasteiger partial charge in [-0.1, -0.05) is 24.3 Å². The number of methoxy groups -OCH3 is 1. The van der Waals surface area contributed by atoms with E-state index in [9.17, 15) is 4.79 Å². The Morgan fingerprint density at radius 2 is 2.06 bits per heavy atom. The number of hydrogen-bond donors (Lipinski definition) is 0. The monoisotopic (exact) mass is 233 g/mol. The van der Waals surface area contributed by atoms with Crippen LogP contribution in [0.2, 0.25) is 0 Å². The Bertz CT molecular complexity index is 416. The summed E-state index contributed by atoms with van der Waals surface area (Å²) in [5.41, 5.74) is 2.72. The number of benzene rings is 1. The Hall–Kier alpha value is -1.35. The lowest BCUT2D eigenvalue weighted by Crippen LogP contribution is -2.47. The number of carbonyl (C=O) groups excluding carboxylic acids is 1. The van der Waals surface area contributed by atoms with Gasteiger partial charge in [0.25, 0.3) is 0 Å². The van der Waals surface area contributed by atoms with Crippen molar-refractivity contribution in [3.8, 4) is 0 Å². The molecule has 2 rings (SSSR count). The quantitative estimate of drug-likeness (QED) is 0.732. The summed E-state index contributed by atoms with van der Waals surface area (Å²) in [6.45, 7) is 4.90. The number of carbonyl (C=O) groups is 1. The molecule has 17 heavy (non-hydrogen) atoms. The average molecular weight is 233 g/mol. The molecule has 0 aliphatic carbocycles. The Balaban J connectivity index is 2.20. The molecule has 1 aliphatic heterocycles. The Morgan fingerprint density at radius 3 is 2.71 bits per heavy atom. The molecule has 0 saturated heterocycles. The van der Waals surface area contributed by atoms with Gasteiger partial charge < -0.3 is 4.74 Å². The van der Waals surface area contributed by atoms with Crippen molar-refractivity contribution in [1.82, 2.24) is 4.90 Å². The SMILES string of the molecule is COC(=O)C(C)N1Cc2ccccc2CC1C. The molecule has 0 radical (unpaired) electrons. The van der Waals surface area contributed by atoms with Crippen LogP contribution >= 0.6 is 0 Å². The summed E-state index contributed by atoms with van der Waals surface area (Å²) in [5, 5.41) is 0. The smallest absolute Gasteiger partial charge is 0.322 e. The van der Waals surface area contributed by atoms with Crippen molar-refractivity contribution in [3.63, 3.8) is 0 Å². The van der Waals surface area contributed by atoms with Crippen LogP contribution in [0.3, 0.4) is 0 Å². The minimum absolute atomic E-state index is 0.156. The topological polar surface area (TPSA) is 29.5 Å². The summed E-state index contributed by atoms with van der Waals surface area (Å²) in [7, 11) is 1.45. The van der Waals surface area contributed by atoms with Crippen LogP contribution in [-0.4, -0.2) is 30.1 Å². The zero-order chi connectivity index (χ0) is 12.4. The fourth-order valence-corrected chi connectivity index (χ4v) is 2.52. The molecule has 1 aromatic rings. The van der Waals surface area contributed by atoms with Crippen LogP contribution in [-0.2, 0) is 22.5 Å². The number of hydrogen-bond acceptors (Lipinski definition) is 3. The summed E-state index contributed by atoms with van der Waals surface area (Å²) in [5.74, 6) is -0.156. The van der Waals surface area contributed by atoms with Gasteiger partial charge in [-0.2, -0.15) is 0 Å². The molecule has 92 valence electrons. The first-order valence-corrected chi connectivity index (χ1v) is 6.04. The highest BCUT2D eigenvalue weighted by Gasteiger charge is 2.30. The zero-order valence-electron chi connectivity index (χ0n) is 10.6. The molecule has 3 heteroatoms. The van der Waals surface area contributed by atoms with E-state index in [4.69, 9.17) is 4.74 Å². The Morgan fingerprint density at radius 1 is 1.41 bits per heavy atom. The van der Waals surface area contributed by atoms with Crippen molar-refractivity contribution in [2.45, 2.75) is 38.9 Å². The molecule has 0 N–H and O–H groups in total. The van der Waals surface area contributed by atoms with Crippen molar-refractivity contribution < 1.29 is 9.53 Å². The van der Waals surface area contributed by atoms with Crippen LogP contribution in [0.25, 0.3) is 0 Å². The van der Waals surface area contributed by atoms with Gasteiger partial charge in [-0.3, -0.25) is 9.69 Å². The van der Waals surface area contributed by atoms with Crippen LogP contribution < -0.4 is 0 Å². The van der Waals surface area contributed by atoms with Gasteiger partial charge in [-0.25, -0.2) is 0 Å². The molecular weight excluding hydrogens is 214 g/mol. The molecule has 0 amide bonds. The molecule has 1 heterocycles. The Labute approximate surface area is 102 Å². The molecular formula is C14H19NO2. The number of esters is 1. The summed E-state index contributed by atoms with van der Waals surface area (Å²) in [4.78, 5) is 13.8. The van der Waals surface area contributed by atoms with Crippen LogP contribution in [0.1, 0.15) is 25.0 Å². The van der Waals surface area contributed by atoms with Crippen LogP contribution in [0.15, 0.2) is 24.3 Å². The third-order valence-electron chi connectivity index (χ3n) is 3.59. The third kappa shape index (κ3) is 2.34. The molecule has 0 fully saturated rings. The predicted molar refractivity (Wildman–Crippen MR) is 66.6 cm³/mol. The predicted octanol–water partition coefficient (Wildman–Crippen LogP) is 1.99. The molecule has 2 atom stereocenters. The van der Waals surface area contributed by atoms with Crippen LogP contribution in [0.5, 0.6) is 0 Å². The molecule has 0 saturated carbocycles. The van der Waals surface area contributed by atoms with E-state index in [1.807, 2.05) is 6.92 Å². The number of fused-ring (bicyclic) bond motifs is 1. The number of rotatable bonds is 2. The van der Waals surface area contributed by atoms with Gasteiger partial charge in [0.2, 0.25) is 0 Å². The van der Waals surface area contributed by atoms with Crippen molar-refractivity contribution in [2.75, 3.05) is 7.11 Å². The van der Waals surface area contributed by atoms with Crippen molar-refractivity contribution in [1.29, 1.82) is 0 Å². The van der Waals surface area contributed by atoms with E-state index in [0.29, 0.717) is 6.04 Å². The highest BCUT2D eigenvalue weighted by molar-refractivity contribution is 5.75. The number of nitrogens with zero attached hydrogens (tertiary/aromatic N) is 1. The maximum absolute atomic E-state index is 11.6. The minimum Gasteiger partial charge on any atom is -0.468 e. The van der Waals surface area contributed by atoms with E-state index >= 15 is 0 Å². The van der Waals surface area contributed by atoms with Gasteiger partial charge in [0.1, 0.15) is 6.04 Å². The Kier molecular flexibility index (Phi) is 3.48. The molecule has 1 aromatic carbocycles. The van der Waals surface area contributed by atoms with Crippen LogP contribution in [0.4, 0.5) is 0 Å². The second-order valence-electron chi connectivity index (χ2n) is 4.69. The van der Waals surface area contributed by atoms with Crippen LogP contribution in [0, 0.1) is 0 Å². The maximum Gasteiger partial charge on any atom is 0.322 e. The first kappa shape index (κ1) is 12.1. The van der Waals surface area contributed by atoms with E-state index in [0.717, 1.165) is 13.0 Å². The first-order valence-electron chi connectivity index (χ1n) is 6.04. The van der Waals surface area contributed by atoms with E-state index in [1.54, 1.807) is 0 Å². The molecule has 3 nitrogen and oxygen atoms in total. The molecule has 2 unspecified atom stereocenters. The molecule has 0 bridgehead atoms. The van der Waals surface area contributed by atoms with E-state index < -0.39 is 0 Å². The average Bonchev–Trinajstić information content (AvgIpc) is 2.36. The summed E-state index contributed by atoms with van der Waals surface area (Å²) < 4.78 is 4.82. The highest BCUT2D eigenvalue weighted by atomic mass is 16.5. The first-order chi connectivity index (χ1) is 8.13. The van der Waals surface area contributed by atoms with Crippen molar-refractivity contribution >= 4 is 5.97 Å². The lowest BCUT2D eigenvalue weighted by Gasteiger charge is -2.37. The van der Waals surface area contributed by atoms with Gasteiger partial charge in [-0.15, -0.1) is 0 Å². The standard InChI is InChI=1S/C14H19NO2/c1-10-8-12-6-4-5-7-13(12)9-15(10)11(2)14(16)17-3/h4-7,10-11H,8-9H2,1-3H3. The fourth-order valence-electron chi connectivity index (χ4n) is 2.52. The normalized spacial score (nSPS) is 21.7. The number of ether oxygens (including phenoxy) is 1. The zero-order valence-corrected chi connectivity index (χ0v) is 10.6. The van der Waals surface area contributed by atoms with Crippen molar-refractivity contribution in [2.24, 2.45) is 0 Å². The molecule has 0 aromatic heterocycles. The maximum atomic E-state index is 11.6. The van der Waals surface area contributed by atoms with Gasteiger partial charge in [0, 0.05) is 12.6 Å². The molecule has 1 aliphatic rings. The lowest BCUT2D eigenvalue weighted by molar-refractivity contribution is -0.147. The van der Waals surface area contributed by atoms with E-state index in [-0.39, 0.29) is 12.0 Å². The van der Waals surface area contributed by atoms with E-state index in [2.05, 4.69) is 36.1 Å². The lowest BCUT2D eigenvalue weighted by atomic mass is 9.94. The second-order valence-corrected chi connectivity index (χ2v) is 4.69. The minimum atomic E-state index is -0.177. The van der Waals surface area contributed by atoms with Gasteiger partial charge in [-0.05, 0) is 31.4 Å². The molecule has 0 spiro atoms. The van der Waals surface area contributed by atoms with Gasteiger partial charge in [0.15, 0.2) is 0 Å². The van der Waals surface area contributed by atoms with Gasteiger partial charge in [0.05, 0.1) is 7.11 Å². The van der Waals surface area contributed by atoms with Crippen molar-refractivity contribution in [3.05, 3.63) is 35.4 Å². The van der Waals surface area contributed by atoms with E-state index in [1.165, 1.54) is 18.2 Å². The highest BCUT2D eigenvalue weighted by Crippen LogP contribution is 2.24. The van der Waals surface area contributed by atoms with Gasteiger partial charge >= 0.3 is 5.97 Å². The largest absolute Gasteiger partial charge is 0.468 e. The summed E-state index contributed by atoms with van der Waals surface area (Å²) in [6.07, 6.45) is 0.998. The fraction of sp³-hybridized carbons (Fsp3) is 0.500. The summed E-state index contributed by atoms with van der Waals surface area (Å²) >= 11 is 0.